The van der Waals surface area contributed by atoms with Crippen LogP contribution in [-0.2, 0) is 41.4 Å². The van der Waals surface area contributed by atoms with Crippen LogP contribution in [0, 0.1) is 11.8 Å². The van der Waals surface area contributed by atoms with Crippen molar-refractivity contribution in [2.45, 2.75) is 63.1 Å². The lowest BCUT2D eigenvalue weighted by atomic mass is 9.82. The van der Waals surface area contributed by atoms with Crippen molar-refractivity contribution in [2.75, 3.05) is 24.0 Å². The van der Waals surface area contributed by atoms with Crippen LogP contribution >= 0.6 is 45.2 Å². The molecule has 12 heteroatoms. The molecule has 2 amide bonds. The number of halogens is 2. The molecule has 10 atom stereocenters. The van der Waals surface area contributed by atoms with Crippen LogP contribution in [-0.4, -0.2) is 75.3 Å². The summed E-state index contributed by atoms with van der Waals surface area (Å²) in [6.07, 6.45) is 8.92. The lowest BCUT2D eigenvalue weighted by molar-refractivity contribution is -0.135. The second-order valence-corrected chi connectivity index (χ2v) is 18.3. The minimum Gasteiger partial charge on any atom is -0.497 e. The minimum atomic E-state index is -1.18. The summed E-state index contributed by atoms with van der Waals surface area (Å²) in [5.74, 6) is -0.381. The number of hydrogen-bond donors (Lipinski definition) is 0. The summed E-state index contributed by atoms with van der Waals surface area (Å²) in [5.41, 5.74) is 1.39. The Balaban J connectivity index is 1.13. The first-order valence-electron chi connectivity index (χ1n) is 19.9. The Kier molecular flexibility index (Phi) is 12.3. The average Bonchev–Trinajstić information content (AvgIpc) is 3.88. The van der Waals surface area contributed by atoms with Gasteiger partial charge in [-0.3, -0.25) is 14.4 Å². The van der Waals surface area contributed by atoms with Crippen LogP contribution < -0.4 is 19.3 Å². The van der Waals surface area contributed by atoms with Gasteiger partial charge in [0.05, 0.1) is 64.5 Å². The summed E-state index contributed by atoms with van der Waals surface area (Å²) < 4.78 is 29.9. The van der Waals surface area contributed by atoms with Gasteiger partial charge in [0.1, 0.15) is 22.7 Å². The molecule has 0 bridgehead atoms. The molecule has 0 spiro atoms. The summed E-state index contributed by atoms with van der Waals surface area (Å²) in [4.78, 5) is 45.3. The van der Waals surface area contributed by atoms with Gasteiger partial charge in [-0.05, 0) is 78.6 Å². The topological polar surface area (TPSA) is 104 Å². The van der Waals surface area contributed by atoms with Gasteiger partial charge < -0.3 is 33.5 Å². The molecule has 4 aliphatic rings. The average molecular weight is 1030 g/mol. The predicted molar refractivity (Wildman–Crippen MR) is 247 cm³/mol. The van der Waals surface area contributed by atoms with Gasteiger partial charge in [-0.2, -0.15) is 0 Å². The number of hydrogen-bond acceptors (Lipinski definition) is 8. The summed E-state index contributed by atoms with van der Waals surface area (Å²) >= 11 is 4.69. The van der Waals surface area contributed by atoms with E-state index in [2.05, 4.69) is 63.9 Å². The van der Waals surface area contributed by atoms with Crippen molar-refractivity contribution in [1.82, 2.24) is 0 Å². The Hall–Kier alpha value is -4.51. The molecule has 310 valence electrons. The van der Waals surface area contributed by atoms with E-state index in [-0.39, 0.29) is 25.7 Å². The summed E-state index contributed by atoms with van der Waals surface area (Å²) in [5, 5.41) is 0. The first kappa shape index (κ1) is 42.2. The molecule has 8 rings (SSSR count). The standard InChI is InChI=1S/C48H46I2N2O8/c1-5-47-39(28-31-12-8-6-9-13-31)51(33-16-20-35(56-3)21-17-33)45(54)41(47)43(49)37(59-47)24-25-38-44(50)42-46(55)52(34-18-22-36(57-4)23-19-34)40(29-32-14-10-7-11-15-32)48(42,60-38)26-27-58-30(2)53/h5-27,37-44H,1,28-29H2,2-4H3/b25-24+,27-26+/t37-,38-,39-,40-,41+,42+,43-,44-,47-,48-/m1/s1. The van der Waals surface area contributed by atoms with Gasteiger partial charge in [-0.15, -0.1) is 6.58 Å². The number of alkyl halides is 2. The first-order valence-corrected chi connectivity index (χ1v) is 22.4. The molecule has 4 aromatic carbocycles. The van der Waals surface area contributed by atoms with Crippen molar-refractivity contribution in [3.8, 4) is 11.5 Å². The molecule has 0 unspecified atom stereocenters. The van der Waals surface area contributed by atoms with Crippen LogP contribution in [0.3, 0.4) is 0 Å². The van der Waals surface area contributed by atoms with Crippen LogP contribution in [0.1, 0.15) is 18.1 Å². The maximum atomic E-state index is 14.9. The first-order chi connectivity index (χ1) is 29.0. The Bertz CT molecular complexity index is 2270. The Morgan fingerprint density at radius 2 is 1.10 bits per heavy atom. The lowest BCUT2D eigenvalue weighted by Gasteiger charge is -2.36. The molecule has 0 saturated carbocycles. The monoisotopic (exact) mass is 1030 g/mol. The Morgan fingerprint density at radius 3 is 1.52 bits per heavy atom. The molecule has 4 saturated heterocycles. The highest BCUT2D eigenvalue weighted by Crippen LogP contribution is 2.55. The van der Waals surface area contributed by atoms with Crippen molar-refractivity contribution in [3.05, 3.63) is 157 Å². The molecule has 4 fully saturated rings. The fraction of sp³-hybridized carbons (Fsp3) is 0.312. The third kappa shape index (κ3) is 7.47. The van der Waals surface area contributed by atoms with E-state index in [0.717, 1.165) is 16.8 Å². The number of anilines is 2. The predicted octanol–water partition coefficient (Wildman–Crippen LogP) is 8.25. The zero-order valence-electron chi connectivity index (χ0n) is 33.4. The fourth-order valence-electron chi connectivity index (χ4n) is 9.45. The number of rotatable bonds is 13. The number of benzene rings is 4. The summed E-state index contributed by atoms with van der Waals surface area (Å²) in [6.45, 7) is 5.63. The van der Waals surface area contributed by atoms with E-state index in [9.17, 15) is 14.4 Å². The van der Waals surface area contributed by atoms with Crippen LogP contribution in [0.15, 0.2) is 146 Å². The molecular formula is C48H46I2N2O8. The maximum absolute atomic E-state index is 14.9. The van der Waals surface area contributed by atoms with Gasteiger partial charge in [-0.25, -0.2) is 0 Å². The fourth-order valence-corrected chi connectivity index (χ4v) is 12.0. The van der Waals surface area contributed by atoms with Crippen molar-refractivity contribution in [2.24, 2.45) is 11.8 Å². The van der Waals surface area contributed by atoms with Crippen molar-refractivity contribution < 1.29 is 38.1 Å². The highest BCUT2D eigenvalue weighted by Gasteiger charge is 2.68. The van der Waals surface area contributed by atoms with E-state index in [1.165, 1.54) is 13.2 Å². The largest absolute Gasteiger partial charge is 0.497 e. The number of amides is 2. The second kappa shape index (κ2) is 17.5. The third-order valence-corrected chi connectivity index (χ3v) is 15.1. The van der Waals surface area contributed by atoms with E-state index in [1.807, 2.05) is 125 Å². The minimum absolute atomic E-state index is 0.0303. The normalized spacial score (nSPS) is 30.9. The number of ether oxygens (including phenoxy) is 5. The number of fused-ring (bicyclic) bond motifs is 2. The van der Waals surface area contributed by atoms with Gasteiger partial charge in [0, 0.05) is 18.3 Å². The van der Waals surface area contributed by atoms with Crippen molar-refractivity contribution in [3.63, 3.8) is 0 Å². The number of carbonyl (C=O) groups is 3. The van der Waals surface area contributed by atoms with E-state index in [0.29, 0.717) is 30.0 Å². The van der Waals surface area contributed by atoms with Gasteiger partial charge in [0.15, 0.2) is 0 Å². The van der Waals surface area contributed by atoms with Crippen LogP contribution in [0.5, 0.6) is 11.5 Å². The SMILES string of the molecule is C=C[C@]12O[C@H](/C=C/[C@H]3O[C@@]4(/C=C/OC(C)=O)[C@H](C(=O)N(c5ccc(OC)cc5)[C@@H]4Cc4ccccc4)[C@@H]3I)[C@@H](I)[C@H]1C(=O)N(c1ccc(OC)cc1)[C@@H]2Cc1ccccc1. The Morgan fingerprint density at radius 1 is 0.683 bits per heavy atom. The van der Waals surface area contributed by atoms with Gasteiger partial charge in [0.2, 0.25) is 11.8 Å². The van der Waals surface area contributed by atoms with Crippen molar-refractivity contribution in [1.29, 1.82) is 0 Å². The lowest BCUT2D eigenvalue weighted by Crippen LogP contribution is -2.48. The molecule has 4 heterocycles. The Labute approximate surface area is 377 Å². The van der Waals surface area contributed by atoms with Gasteiger partial charge in [-0.1, -0.05) is 124 Å². The number of nitrogens with zero attached hydrogens (tertiary/aromatic N) is 2. The molecule has 4 aliphatic heterocycles. The molecular weight excluding hydrogens is 986 g/mol. The van der Waals surface area contributed by atoms with E-state index in [1.54, 1.807) is 20.3 Å². The van der Waals surface area contributed by atoms with Gasteiger partial charge >= 0.3 is 5.97 Å². The zero-order chi connectivity index (χ0) is 42.2. The third-order valence-electron chi connectivity index (χ3n) is 12.2. The number of carbonyl (C=O) groups excluding carboxylic acids is 3. The quantitative estimate of drug-likeness (QED) is 0.0434. The van der Waals surface area contributed by atoms with E-state index < -0.39 is 47.3 Å². The molecule has 60 heavy (non-hydrogen) atoms. The zero-order valence-corrected chi connectivity index (χ0v) is 37.8. The maximum Gasteiger partial charge on any atom is 0.307 e. The van der Waals surface area contributed by atoms with E-state index >= 15 is 0 Å². The molecule has 0 N–H and O–H groups in total. The van der Waals surface area contributed by atoms with E-state index in [4.69, 9.17) is 23.7 Å². The summed E-state index contributed by atoms with van der Waals surface area (Å²) in [6, 6.07) is 34.2. The molecule has 4 aromatic rings. The molecule has 0 aliphatic carbocycles. The van der Waals surface area contributed by atoms with Crippen LogP contribution in [0.4, 0.5) is 11.4 Å². The summed E-state index contributed by atoms with van der Waals surface area (Å²) in [7, 11) is 3.22. The highest BCUT2D eigenvalue weighted by molar-refractivity contribution is 14.1. The van der Waals surface area contributed by atoms with Crippen LogP contribution in [0.2, 0.25) is 0 Å². The van der Waals surface area contributed by atoms with Gasteiger partial charge in [0.25, 0.3) is 0 Å². The smallest absolute Gasteiger partial charge is 0.307 e. The number of esters is 1. The number of methoxy groups -OCH3 is 2. The van der Waals surface area contributed by atoms with Crippen molar-refractivity contribution >= 4 is 74.3 Å². The molecule has 10 nitrogen and oxygen atoms in total. The molecule has 0 aromatic heterocycles. The van der Waals surface area contributed by atoms with Crippen LogP contribution in [0.25, 0.3) is 0 Å². The highest BCUT2D eigenvalue weighted by atomic mass is 127. The second-order valence-electron chi connectivity index (χ2n) is 15.4. The molecule has 0 radical (unpaired) electrons.